The van der Waals surface area contributed by atoms with Gasteiger partial charge in [0.1, 0.15) is 5.60 Å². The Labute approximate surface area is 145 Å². The van der Waals surface area contributed by atoms with E-state index in [-0.39, 0.29) is 6.09 Å². The van der Waals surface area contributed by atoms with Gasteiger partial charge in [-0.05, 0) is 70.3 Å². The van der Waals surface area contributed by atoms with E-state index in [0.717, 1.165) is 37.7 Å². The molecular formula is C19H31N3O2. The number of alkyl carbamates (subject to hydrolysis) is 1. The lowest BCUT2D eigenvalue weighted by Crippen LogP contribution is -2.33. The summed E-state index contributed by atoms with van der Waals surface area (Å²) in [6.07, 6.45) is 2.15. The zero-order valence-electron chi connectivity index (χ0n) is 15.2. The van der Waals surface area contributed by atoms with Crippen LogP contribution in [0.15, 0.2) is 24.3 Å². The molecule has 1 aliphatic heterocycles. The molecule has 0 spiro atoms. The van der Waals surface area contributed by atoms with Crippen molar-refractivity contribution < 1.29 is 9.53 Å². The van der Waals surface area contributed by atoms with Gasteiger partial charge < -0.3 is 20.7 Å². The third-order valence-electron chi connectivity index (χ3n) is 4.08. The van der Waals surface area contributed by atoms with E-state index in [2.05, 4.69) is 40.2 Å². The van der Waals surface area contributed by atoms with Crippen molar-refractivity contribution in [1.29, 1.82) is 0 Å². The van der Waals surface area contributed by atoms with Crippen LogP contribution >= 0.6 is 0 Å². The number of carbonyl (C=O) groups is 1. The van der Waals surface area contributed by atoms with Crippen LogP contribution in [0.2, 0.25) is 0 Å². The van der Waals surface area contributed by atoms with E-state index in [9.17, 15) is 4.79 Å². The first kappa shape index (κ1) is 18.7. The van der Waals surface area contributed by atoms with Crippen LogP contribution in [0.25, 0.3) is 0 Å². The molecule has 0 atom stereocenters. The zero-order chi connectivity index (χ0) is 17.4. The summed E-state index contributed by atoms with van der Waals surface area (Å²) in [6.45, 7) is 10.3. The molecule has 2 rings (SSSR count). The maximum atomic E-state index is 11.6. The first-order valence-corrected chi connectivity index (χ1v) is 8.88. The van der Waals surface area contributed by atoms with Gasteiger partial charge in [0, 0.05) is 13.1 Å². The van der Waals surface area contributed by atoms with Gasteiger partial charge in [-0.3, -0.25) is 0 Å². The molecule has 24 heavy (non-hydrogen) atoms. The van der Waals surface area contributed by atoms with Crippen molar-refractivity contribution in [2.24, 2.45) is 5.92 Å². The Morgan fingerprint density at radius 1 is 1.12 bits per heavy atom. The molecule has 0 aliphatic carbocycles. The van der Waals surface area contributed by atoms with Crippen molar-refractivity contribution >= 4 is 6.09 Å². The number of ether oxygens (including phenoxy) is 1. The van der Waals surface area contributed by atoms with E-state index < -0.39 is 5.60 Å². The van der Waals surface area contributed by atoms with Crippen molar-refractivity contribution in [2.75, 3.05) is 19.6 Å². The molecule has 1 amide bonds. The fourth-order valence-corrected chi connectivity index (χ4v) is 2.77. The predicted octanol–water partition coefficient (Wildman–Crippen LogP) is 2.80. The third kappa shape index (κ3) is 7.32. The topological polar surface area (TPSA) is 62.4 Å². The summed E-state index contributed by atoms with van der Waals surface area (Å²) in [5.74, 6) is 0.795. The molecule has 134 valence electrons. The Bertz CT molecular complexity index is 502. The Kier molecular flexibility index (Phi) is 7.06. The van der Waals surface area contributed by atoms with Crippen LogP contribution in [0.1, 0.15) is 44.7 Å². The average molecular weight is 333 g/mol. The summed E-state index contributed by atoms with van der Waals surface area (Å²) >= 11 is 0. The Hall–Kier alpha value is -1.59. The largest absolute Gasteiger partial charge is 0.444 e. The van der Waals surface area contributed by atoms with Gasteiger partial charge in [-0.25, -0.2) is 4.79 Å². The highest BCUT2D eigenvalue weighted by Gasteiger charge is 2.15. The monoisotopic (exact) mass is 333 g/mol. The Morgan fingerprint density at radius 2 is 1.71 bits per heavy atom. The van der Waals surface area contributed by atoms with E-state index in [1.165, 1.54) is 18.4 Å². The minimum atomic E-state index is -0.464. The lowest BCUT2D eigenvalue weighted by Gasteiger charge is -2.22. The molecule has 0 radical (unpaired) electrons. The van der Waals surface area contributed by atoms with E-state index in [0.29, 0.717) is 6.54 Å². The maximum absolute atomic E-state index is 11.6. The van der Waals surface area contributed by atoms with Crippen LogP contribution in [0.3, 0.4) is 0 Å². The van der Waals surface area contributed by atoms with Gasteiger partial charge in [0.05, 0.1) is 0 Å². The number of hydrogen-bond donors (Lipinski definition) is 3. The van der Waals surface area contributed by atoms with Gasteiger partial charge in [-0.2, -0.15) is 0 Å². The number of hydrogen-bond acceptors (Lipinski definition) is 4. The number of piperidine rings is 1. The van der Waals surface area contributed by atoms with Gasteiger partial charge in [0.2, 0.25) is 0 Å². The van der Waals surface area contributed by atoms with Crippen molar-refractivity contribution in [1.82, 2.24) is 16.0 Å². The molecule has 1 heterocycles. The minimum absolute atomic E-state index is 0.379. The van der Waals surface area contributed by atoms with E-state index in [1.54, 1.807) is 0 Å². The summed E-state index contributed by atoms with van der Waals surface area (Å²) < 4.78 is 5.23. The van der Waals surface area contributed by atoms with Crippen LogP contribution in [0, 0.1) is 5.92 Å². The number of carbonyl (C=O) groups excluding carboxylic acids is 1. The number of amides is 1. The highest BCUT2D eigenvalue weighted by molar-refractivity contribution is 5.67. The van der Waals surface area contributed by atoms with E-state index >= 15 is 0 Å². The lowest BCUT2D eigenvalue weighted by molar-refractivity contribution is 0.0523. The smallest absolute Gasteiger partial charge is 0.407 e. The first-order valence-electron chi connectivity index (χ1n) is 8.88. The molecule has 1 aromatic rings. The van der Waals surface area contributed by atoms with Crippen molar-refractivity contribution in [3.8, 4) is 0 Å². The van der Waals surface area contributed by atoms with E-state index in [4.69, 9.17) is 4.74 Å². The summed E-state index contributed by atoms with van der Waals surface area (Å²) in [5, 5.41) is 9.72. The third-order valence-corrected chi connectivity index (χ3v) is 4.08. The van der Waals surface area contributed by atoms with Gasteiger partial charge in [0.15, 0.2) is 0 Å². The second kappa shape index (κ2) is 9.04. The fraction of sp³-hybridized carbons (Fsp3) is 0.632. The van der Waals surface area contributed by atoms with Crippen LogP contribution in [-0.4, -0.2) is 31.3 Å². The fourth-order valence-electron chi connectivity index (χ4n) is 2.77. The SMILES string of the molecule is CC(C)(C)OC(=O)NCc1ccc(CNCC2CCNCC2)cc1. The Morgan fingerprint density at radius 3 is 2.29 bits per heavy atom. The van der Waals surface area contributed by atoms with E-state index in [1.807, 2.05) is 20.8 Å². The molecule has 1 fully saturated rings. The summed E-state index contributed by atoms with van der Waals surface area (Å²) in [6, 6.07) is 8.33. The molecule has 0 saturated carbocycles. The zero-order valence-corrected chi connectivity index (χ0v) is 15.2. The second-order valence-corrected chi connectivity index (χ2v) is 7.50. The highest BCUT2D eigenvalue weighted by Crippen LogP contribution is 2.11. The highest BCUT2D eigenvalue weighted by atomic mass is 16.6. The summed E-state index contributed by atoms with van der Waals surface area (Å²) in [4.78, 5) is 11.6. The summed E-state index contributed by atoms with van der Waals surface area (Å²) in [7, 11) is 0. The molecule has 1 saturated heterocycles. The lowest BCUT2D eigenvalue weighted by atomic mass is 9.98. The standard InChI is InChI=1S/C19H31N3O2/c1-19(2,3)24-18(23)22-14-16-6-4-15(5-7-16)12-21-13-17-8-10-20-11-9-17/h4-7,17,20-21H,8-14H2,1-3H3,(H,22,23). The van der Waals surface area contributed by atoms with Crippen LogP contribution in [0.5, 0.6) is 0 Å². The molecule has 5 nitrogen and oxygen atoms in total. The molecule has 5 heteroatoms. The van der Waals surface area contributed by atoms with Gasteiger partial charge in [0.25, 0.3) is 0 Å². The van der Waals surface area contributed by atoms with Gasteiger partial charge >= 0.3 is 6.09 Å². The van der Waals surface area contributed by atoms with Gasteiger partial charge in [-0.1, -0.05) is 24.3 Å². The normalized spacial score (nSPS) is 16.0. The van der Waals surface area contributed by atoms with Crippen LogP contribution < -0.4 is 16.0 Å². The molecule has 0 bridgehead atoms. The average Bonchev–Trinajstić information content (AvgIpc) is 2.53. The Balaban J connectivity index is 1.67. The van der Waals surface area contributed by atoms with Crippen LogP contribution in [0.4, 0.5) is 4.79 Å². The molecular weight excluding hydrogens is 302 g/mol. The minimum Gasteiger partial charge on any atom is -0.444 e. The maximum Gasteiger partial charge on any atom is 0.407 e. The quantitative estimate of drug-likeness (QED) is 0.749. The van der Waals surface area contributed by atoms with Crippen LogP contribution in [-0.2, 0) is 17.8 Å². The van der Waals surface area contributed by atoms with Crippen molar-refractivity contribution in [2.45, 2.75) is 52.3 Å². The summed E-state index contributed by atoms with van der Waals surface area (Å²) in [5.41, 5.74) is 1.88. The number of benzene rings is 1. The van der Waals surface area contributed by atoms with Gasteiger partial charge in [-0.15, -0.1) is 0 Å². The molecule has 0 unspecified atom stereocenters. The molecule has 3 N–H and O–H groups in total. The molecule has 0 aromatic heterocycles. The van der Waals surface area contributed by atoms with Crippen molar-refractivity contribution in [3.05, 3.63) is 35.4 Å². The first-order chi connectivity index (χ1) is 11.4. The number of nitrogens with one attached hydrogen (secondary N) is 3. The predicted molar refractivity (Wildman–Crippen MR) is 96.8 cm³/mol. The molecule has 1 aromatic carbocycles. The second-order valence-electron chi connectivity index (χ2n) is 7.50. The van der Waals surface area contributed by atoms with Crippen molar-refractivity contribution in [3.63, 3.8) is 0 Å². The molecule has 1 aliphatic rings. The number of rotatable bonds is 6.